The standard InChI is InChI=1S/C29H35FN2O2/c1-28(2)17-20(18-29(3,4)34-28)9-11-25-27(21-10-12-26(30)31-19-21)23-7-5-6-8-24(23)32(25)22-13-15-33-16-14-22/h5-12,19-20,22H,13-18H2,1-4H3. The number of hydrogen-bond acceptors (Lipinski definition) is 3. The number of aromatic nitrogens is 2. The summed E-state index contributed by atoms with van der Waals surface area (Å²) in [6.45, 7) is 10.3. The Morgan fingerprint density at radius 1 is 1.00 bits per heavy atom. The molecule has 4 nitrogen and oxygen atoms in total. The maximum absolute atomic E-state index is 13.7. The zero-order valence-electron chi connectivity index (χ0n) is 20.7. The largest absolute Gasteiger partial charge is 0.381 e. The van der Waals surface area contributed by atoms with Crippen molar-refractivity contribution in [2.75, 3.05) is 13.2 Å². The Labute approximate surface area is 201 Å². The highest BCUT2D eigenvalue weighted by atomic mass is 19.1. The van der Waals surface area contributed by atoms with Crippen LogP contribution in [-0.4, -0.2) is 34.0 Å². The van der Waals surface area contributed by atoms with Gasteiger partial charge in [-0.2, -0.15) is 4.39 Å². The molecule has 4 heterocycles. The number of nitrogens with zero attached hydrogens (tertiary/aromatic N) is 2. The Bertz CT molecular complexity index is 1170. The molecule has 5 heteroatoms. The van der Waals surface area contributed by atoms with Crippen LogP contribution in [0, 0.1) is 11.9 Å². The third kappa shape index (κ3) is 4.69. The fraction of sp³-hybridized carbons (Fsp3) is 0.483. The predicted octanol–water partition coefficient (Wildman–Crippen LogP) is 7.19. The van der Waals surface area contributed by atoms with Crippen LogP contribution in [0.4, 0.5) is 4.39 Å². The molecule has 0 bridgehead atoms. The van der Waals surface area contributed by atoms with Crippen LogP contribution in [0.2, 0.25) is 0 Å². The van der Waals surface area contributed by atoms with Crippen LogP contribution < -0.4 is 0 Å². The van der Waals surface area contributed by atoms with Crippen LogP contribution in [0.5, 0.6) is 0 Å². The van der Waals surface area contributed by atoms with E-state index in [1.54, 1.807) is 6.20 Å². The molecule has 0 spiro atoms. The molecule has 0 unspecified atom stereocenters. The number of halogens is 1. The summed E-state index contributed by atoms with van der Waals surface area (Å²) in [5.74, 6) is -0.0419. The van der Waals surface area contributed by atoms with E-state index in [1.807, 2.05) is 6.07 Å². The molecular formula is C29H35FN2O2. The first-order valence-electron chi connectivity index (χ1n) is 12.4. The average Bonchev–Trinajstić information content (AvgIpc) is 3.11. The maximum atomic E-state index is 13.7. The summed E-state index contributed by atoms with van der Waals surface area (Å²) in [7, 11) is 0. The molecule has 2 fully saturated rings. The topological polar surface area (TPSA) is 36.3 Å². The van der Waals surface area contributed by atoms with Crippen molar-refractivity contribution in [1.82, 2.24) is 9.55 Å². The van der Waals surface area contributed by atoms with E-state index >= 15 is 0 Å². The molecule has 180 valence electrons. The zero-order chi connectivity index (χ0) is 23.9. The molecule has 2 aromatic heterocycles. The number of benzene rings is 1. The minimum Gasteiger partial charge on any atom is -0.381 e. The highest BCUT2D eigenvalue weighted by Gasteiger charge is 2.38. The average molecular weight is 463 g/mol. The summed E-state index contributed by atoms with van der Waals surface area (Å²) in [6.07, 6.45) is 10.3. The van der Waals surface area contributed by atoms with Crippen molar-refractivity contribution in [2.45, 2.75) is 70.6 Å². The molecule has 0 N–H and O–H groups in total. The van der Waals surface area contributed by atoms with E-state index in [2.05, 4.69) is 73.7 Å². The third-order valence-electron chi connectivity index (χ3n) is 7.11. The summed E-state index contributed by atoms with van der Waals surface area (Å²) in [4.78, 5) is 3.98. The van der Waals surface area contributed by atoms with Gasteiger partial charge in [-0.1, -0.05) is 24.3 Å². The van der Waals surface area contributed by atoms with Crippen molar-refractivity contribution >= 4 is 17.0 Å². The van der Waals surface area contributed by atoms with Gasteiger partial charge >= 0.3 is 0 Å². The first kappa shape index (κ1) is 23.3. The molecular weight excluding hydrogens is 427 g/mol. The molecule has 0 atom stereocenters. The third-order valence-corrected chi connectivity index (χ3v) is 7.11. The first-order chi connectivity index (χ1) is 16.2. The van der Waals surface area contributed by atoms with E-state index in [0.717, 1.165) is 50.0 Å². The highest BCUT2D eigenvalue weighted by molar-refractivity contribution is 6.00. The summed E-state index contributed by atoms with van der Waals surface area (Å²) in [5.41, 5.74) is 4.12. The van der Waals surface area contributed by atoms with Gasteiger partial charge in [0.15, 0.2) is 0 Å². The van der Waals surface area contributed by atoms with Crippen molar-refractivity contribution in [3.05, 3.63) is 60.3 Å². The molecule has 0 aliphatic carbocycles. The van der Waals surface area contributed by atoms with Crippen molar-refractivity contribution in [2.24, 2.45) is 5.92 Å². The number of pyridine rings is 1. The Morgan fingerprint density at radius 3 is 2.38 bits per heavy atom. The van der Waals surface area contributed by atoms with Gasteiger partial charge in [-0.05, 0) is 83.6 Å². The van der Waals surface area contributed by atoms with Gasteiger partial charge in [-0.3, -0.25) is 0 Å². The number of fused-ring (bicyclic) bond motifs is 1. The predicted molar refractivity (Wildman–Crippen MR) is 135 cm³/mol. The Hall–Kier alpha value is -2.50. The Kier molecular flexibility index (Phi) is 6.11. The van der Waals surface area contributed by atoms with Crippen LogP contribution in [0.3, 0.4) is 0 Å². The number of ether oxygens (including phenoxy) is 2. The quantitative estimate of drug-likeness (QED) is 0.385. The smallest absolute Gasteiger partial charge is 0.212 e. The van der Waals surface area contributed by atoms with Crippen LogP contribution in [0.1, 0.15) is 65.1 Å². The fourth-order valence-corrected chi connectivity index (χ4v) is 6.14. The zero-order valence-corrected chi connectivity index (χ0v) is 20.7. The minimum absolute atomic E-state index is 0.159. The molecule has 0 amide bonds. The van der Waals surface area contributed by atoms with Crippen molar-refractivity contribution in [3.63, 3.8) is 0 Å². The SMILES string of the molecule is CC1(C)CC(C=Cc2c(-c3ccc(F)nc3)c3ccccc3n2C2CCOCC2)CC(C)(C)O1. The molecule has 3 aromatic rings. The van der Waals surface area contributed by atoms with Gasteiger partial charge in [0.1, 0.15) is 0 Å². The Balaban J connectivity index is 1.66. The lowest BCUT2D eigenvalue weighted by Crippen LogP contribution is -2.44. The van der Waals surface area contributed by atoms with Gasteiger partial charge in [0, 0.05) is 53.2 Å². The van der Waals surface area contributed by atoms with Crippen molar-refractivity contribution in [1.29, 1.82) is 0 Å². The molecule has 2 saturated heterocycles. The van der Waals surface area contributed by atoms with Crippen LogP contribution in [-0.2, 0) is 9.47 Å². The van der Waals surface area contributed by atoms with Gasteiger partial charge in [0.2, 0.25) is 5.95 Å². The van der Waals surface area contributed by atoms with Gasteiger partial charge in [0.25, 0.3) is 0 Å². The lowest BCUT2D eigenvalue weighted by molar-refractivity contribution is -0.166. The molecule has 2 aliphatic heterocycles. The van der Waals surface area contributed by atoms with E-state index in [1.165, 1.54) is 22.7 Å². The van der Waals surface area contributed by atoms with Crippen LogP contribution in [0.25, 0.3) is 28.1 Å². The summed E-state index contributed by atoms with van der Waals surface area (Å²) in [5, 5.41) is 1.18. The Morgan fingerprint density at radius 2 is 1.71 bits per heavy atom. The van der Waals surface area contributed by atoms with E-state index in [9.17, 15) is 4.39 Å². The number of para-hydroxylation sites is 1. The number of hydrogen-bond donors (Lipinski definition) is 0. The van der Waals surface area contributed by atoms with Crippen molar-refractivity contribution < 1.29 is 13.9 Å². The second-order valence-electron chi connectivity index (χ2n) is 11.0. The fourth-order valence-electron chi connectivity index (χ4n) is 6.14. The summed E-state index contributed by atoms with van der Waals surface area (Å²) >= 11 is 0. The molecule has 0 saturated carbocycles. The van der Waals surface area contributed by atoms with Crippen LogP contribution >= 0.6 is 0 Å². The van der Waals surface area contributed by atoms with E-state index in [4.69, 9.17) is 9.47 Å². The van der Waals surface area contributed by atoms with Gasteiger partial charge in [-0.25, -0.2) is 4.98 Å². The van der Waals surface area contributed by atoms with Crippen LogP contribution in [0.15, 0.2) is 48.7 Å². The molecule has 1 aromatic carbocycles. The van der Waals surface area contributed by atoms with Gasteiger partial charge < -0.3 is 14.0 Å². The second kappa shape index (κ2) is 8.94. The number of allylic oxidation sites excluding steroid dienone is 1. The molecule has 2 aliphatic rings. The highest BCUT2D eigenvalue weighted by Crippen LogP contribution is 2.42. The first-order valence-corrected chi connectivity index (χ1v) is 12.4. The summed E-state index contributed by atoms with van der Waals surface area (Å²) in [6, 6.07) is 12.2. The molecule has 0 radical (unpaired) electrons. The van der Waals surface area contributed by atoms with E-state index in [0.29, 0.717) is 12.0 Å². The lowest BCUT2D eigenvalue weighted by Gasteiger charge is -2.44. The maximum Gasteiger partial charge on any atom is 0.212 e. The second-order valence-corrected chi connectivity index (χ2v) is 11.0. The monoisotopic (exact) mass is 462 g/mol. The van der Waals surface area contributed by atoms with Gasteiger partial charge in [-0.15, -0.1) is 0 Å². The minimum atomic E-state index is -0.458. The normalized spacial score (nSPS) is 21.4. The van der Waals surface area contributed by atoms with E-state index in [-0.39, 0.29) is 11.2 Å². The molecule has 34 heavy (non-hydrogen) atoms. The summed E-state index contributed by atoms with van der Waals surface area (Å²) < 4.78 is 28.2. The van der Waals surface area contributed by atoms with Crippen molar-refractivity contribution in [3.8, 4) is 11.1 Å². The van der Waals surface area contributed by atoms with E-state index < -0.39 is 5.95 Å². The number of rotatable bonds is 4. The van der Waals surface area contributed by atoms with Gasteiger partial charge in [0.05, 0.1) is 11.2 Å². The lowest BCUT2D eigenvalue weighted by atomic mass is 9.80. The molecule has 5 rings (SSSR count).